The molecular weight excluding hydrogens is 542 g/mol. The van der Waals surface area contributed by atoms with E-state index in [0.29, 0.717) is 36.2 Å². The Kier molecular flexibility index (Phi) is 12.0. The highest BCUT2D eigenvalue weighted by Gasteiger charge is 2.21. The van der Waals surface area contributed by atoms with Gasteiger partial charge in [0.2, 0.25) is 0 Å². The van der Waals surface area contributed by atoms with Gasteiger partial charge in [-0.2, -0.15) is 0 Å². The van der Waals surface area contributed by atoms with Gasteiger partial charge in [0.05, 0.1) is 19.3 Å². The highest BCUT2D eigenvalue weighted by atomic mass is 16.5. The van der Waals surface area contributed by atoms with Gasteiger partial charge in [-0.15, -0.1) is 0 Å². The summed E-state index contributed by atoms with van der Waals surface area (Å²) in [5.41, 5.74) is 3.43. The number of aliphatic hydroxyl groups is 2. The van der Waals surface area contributed by atoms with Crippen LogP contribution in [0.5, 0.6) is 11.5 Å². The molecule has 0 bridgehead atoms. The lowest BCUT2D eigenvalue weighted by Crippen LogP contribution is -2.43. The fourth-order valence-corrected chi connectivity index (χ4v) is 5.48. The normalized spacial score (nSPS) is 14.5. The van der Waals surface area contributed by atoms with E-state index in [1.54, 1.807) is 12.1 Å². The molecular formula is C35H47N3O5. The topological polar surface area (TPSA) is 114 Å². The molecule has 0 aliphatic carbocycles. The van der Waals surface area contributed by atoms with Crippen LogP contribution in [0.4, 0.5) is 0 Å². The number of likely N-dealkylation sites (tertiary alicyclic amines) is 1. The number of carbonyl (C=O) groups excluding carboxylic acids is 1. The molecule has 1 atom stereocenters. The number of ether oxygens (including phenoxy) is 1. The molecule has 1 aliphatic rings. The second kappa shape index (κ2) is 15.9. The summed E-state index contributed by atoms with van der Waals surface area (Å²) < 4.78 is 5.90. The van der Waals surface area contributed by atoms with Crippen molar-refractivity contribution in [1.29, 1.82) is 0 Å². The molecule has 1 saturated heterocycles. The number of carbonyl (C=O) groups is 1. The van der Waals surface area contributed by atoms with Crippen molar-refractivity contribution in [1.82, 2.24) is 15.5 Å². The Labute approximate surface area is 255 Å². The van der Waals surface area contributed by atoms with Crippen molar-refractivity contribution in [3.8, 4) is 11.5 Å². The van der Waals surface area contributed by atoms with Crippen LogP contribution < -0.4 is 15.4 Å². The maximum absolute atomic E-state index is 12.9. The van der Waals surface area contributed by atoms with Crippen molar-refractivity contribution in [2.45, 2.75) is 64.2 Å². The zero-order chi connectivity index (χ0) is 30.7. The van der Waals surface area contributed by atoms with Gasteiger partial charge in [-0.05, 0) is 112 Å². The first-order valence-corrected chi connectivity index (χ1v) is 15.4. The summed E-state index contributed by atoms with van der Waals surface area (Å²) in [6.45, 7) is 8.92. The average Bonchev–Trinajstić information content (AvgIpc) is 3.53. The van der Waals surface area contributed by atoms with Crippen molar-refractivity contribution >= 4 is 5.91 Å². The Balaban J connectivity index is 1.19. The first kappa shape index (κ1) is 32.5. The molecule has 43 heavy (non-hydrogen) atoms. The molecule has 0 radical (unpaired) electrons. The van der Waals surface area contributed by atoms with E-state index in [9.17, 15) is 20.1 Å². The van der Waals surface area contributed by atoms with Crippen LogP contribution in [0.3, 0.4) is 0 Å². The number of hydrogen-bond acceptors (Lipinski definition) is 7. The Bertz CT molecular complexity index is 1310. The number of rotatable bonds is 16. The van der Waals surface area contributed by atoms with Crippen molar-refractivity contribution in [2.24, 2.45) is 0 Å². The van der Waals surface area contributed by atoms with Crippen molar-refractivity contribution in [3.63, 3.8) is 0 Å². The number of phenols is 1. The minimum absolute atomic E-state index is 0.00797. The number of aliphatic hydroxyl groups excluding tert-OH is 2. The molecule has 8 heteroatoms. The van der Waals surface area contributed by atoms with E-state index in [-0.39, 0.29) is 23.8 Å². The lowest BCUT2D eigenvalue weighted by Gasteiger charge is -2.28. The highest BCUT2D eigenvalue weighted by molar-refractivity contribution is 5.94. The van der Waals surface area contributed by atoms with Gasteiger partial charge in [-0.3, -0.25) is 4.79 Å². The van der Waals surface area contributed by atoms with E-state index in [0.717, 1.165) is 42.9 Å². The fraction of sp³-hybridized carbons (Fsp3) is 0.457. The van der Waals surface area contributed by atoms with Gasteiger partial charge >= 0.3 is 0 Å². The quantitative estimate of drug-likeness (QED) is 0.158. The molecule has 0 unspecified atom stereocenters. The number of hydrogen-bond donors (Lipinski definition) is 5. The van der Waals surface area contributed by atoms with Gasteiger partial charge in [0, 0.05) is 36.3 Å². The molecule has 8 nitrogen and oxygen atoms in total. The lowest BCUT2D eigenvalue weighted by atomic mass is 9.93. The first-order chi connectivity index (χ1) is 20.7. The SMILES string of the molecule is CC(C)(Cc1cccc(C(=O)NCCc2ccc(OCCCN3CCCC3)cc2)c1)NC[C@H](O)c1ccc(O)c(CO)c1. The molecule has 0 saturated carbocycles. The van der Waals surface area contributed by atoms with Gasteiger partial charge in [0.1, 0.15) is 11.5 Å². The van der Waals surface area contributed by atoms with Crippen molar-refractivity contribution in [3.05, 3.63) is 94.5 Å². The van der Waals surface area contributed by atoms with E-state index >= 15 is 0 Å². The minimum Gasteiger partial charge on any atom is -0.508 e. The van der Waals surface area contributed by atoms with Crippen LogP contribution in [0, 0.1) is 0 Å². The third kappa shape index (κ3) is 10.4. The lowest BCUT2D eigenvalue weighted by molar-refractivity contribution is 0.0954. The third-order valence-electron chi connectivity index (χ3n) is 7.98. The number of aromatic hydroxyl groups is 1. The van der Waals surface area contributed by atoms with Gasteiger partial charge < -0.3 is 35.6 Å². The van der Waals surface area contributed by atoms with E-state index in [2.05, 4.69) is 27.7 Å². The van der Waals surface area contributed by atoms with Gasteiger partial charge in [-0.25, -0.2) is 0 Å². The molecule has 1 aliphatic heterocycles. The Hall–Kier alpha value is -3.43. The Morgan fingerprint density at radius 3 is 2.53 bits per heavy atom. The Morgan fingerprint density at radius 2 is 1.79 bits per heavy atom. The van der Waals surface area contributed by atoms with E-state index < -0.39 is 6.10 Å². The summed E-state index contributed by atoms with van der Waals surface area (Å²) in [6.07, 6.45) is 4.27. The number of benzene rings is 3. The van der Waals surface area contributed by atoms with Crippen LogP contribution in [0.25, 0.3) is 0 Å². The first-order valence-electron chi connectivity index (χ1n) is 15.4. The summed E-state index contributed by atoms with van der Waals surface area (Å²) in [4.78, 5) is 15.4. The molecule has 1 amide bonds. The van der Waals surface area contributed by atoms with Crippen LogP contribution in [0.2, 0.25) is 0 Å². The molecule has 0 spiro atoms. The van der Waals surface area contributed by atoms with Crippen molar-refractivity contribution in [2.75, 3.05) is 39.3 Å². The summed E-state index contributed by atoms with van der Waals surface area (Å²) in [5.74, 6) is 0.788. The fourth-order valence-electron chi connectivity index (χ4n) is 5.48. The molecule has 1 heterocycles. The molecule has 3 aromatic rings. The second-order valence-electron chi connectivity index (χ2n) is 12.1. The smallest absolute Gasteiger partial charge is 0.251 e. The molecule has 1 fully saturated rings. The monoisotopic (exact) mass is 589 g/mol. The number of nitrogens with zero attached hydrogens (tertiary/aromatic N) is 1. The molecule has 3 aromatic carbocycles. The van der Waals surface area contributed by atoms with Crippen molar-refractivity contribution < 1.29 is 24.9 Å². The van der Waals surface area contributed by atoms with Crippen LogP contribution in [0.1, 0.15) is 71.8 Å². The summed E-state index contributed by atoms with van der Waals surface area (Å²) >= 11 is 0. The molecule has 5 N–H and O–H groups in total. The van der Waals surface area contributed by atoms with E-state index in [1.165, 1.54) is 32.0 Å². The summed E-state index contributed by atoms with van der Waals surface area (Å²) in [5, 5.41) is 36.2. The summed E-state index contributed by atoms with van der Waals surface area (Å²) in [6, 6.07) is 20.5. The predicted molar refractivity (Wildman–Crippen MR) is 169 cm³/mol. The standard InChI is InChI=1S/C35H47N3O5/c1-35(2,37-24-33(41)28-11-14-32(40)30(22-28)25-39)23-27-7-5-8-29(21-27)34(42)36-16-15-26-9-12-31(13-10-26)43-20-6-19-38-17-3-4-18-38/h5,7-14,21-22,33,37,39-41H,3-4,6,15-20,23-25H2,1-2H3,(H,36,42)/t33-/m0/s1. The number of amides is 1. The van der Waals surface area contributed by atoms with Crippen LogP contribution in [-0.2, 0) is 19.4 Å². The minimum atomic E-state index is -0.796. The zero-order valence-electron chi connectivity index (χ0n) is 25.5. The Morgan fingerprint density at radius 1 is 1.02 bits per heavy atom. The molecule has 232 valence electrons. The number of β-amino-alcohol motifs (C(OH)–C–C–N with tert-alkyl or cyclic N) is 1. The average molecular weight is 590 g/mol. The van der Waals surface area contributed by atoms with Gasteiger partial charge in [0.15, 0.2) is 0 Å². The number of nitrogens with one attached hydrogen (secondary N) is 2. The second-order valence-corrected chi connectivity index (χ2v) is 12.1. The summed E-state index contributed by atoms with van der Waals surface area (Å²) in [7, 11) is 0. The van der Waals surface area contributed by atoms with Crippen LogP contribution in [-0.4, -0.2) is 71.0 Å². The maximum atomic E-state index is 12.9. The predicted octanol–water partition coefficient (Wildman–Crippen LogP) is 4.37. The maximum Gasteiger partial charge on any atom is 0.251 e. The van der Waals surface area contributed by atoms with Crippen LogP contribution in [0.15, 0.2) is 66.7 Å². The van der Waals surface area contributed by atoms with Gasteiger partial charge in [0.25, 0.3) is 5.91 Å². The largest absolute Gasteiger partial charge is 0.508 e. The van der Waals surface area contributed by atoms with E-state index in [1.807, 2.05) is 50.2 Å². The molecule has 4 rings (SSSR count). The highest BCUT2D eigenvalue weighted by Crippen LogP contribution is 2.23. The third-order valence-corrected chi connectivity index (χ3v) is 7.98. The zero-order valence-corrected chi connectivity index (χ0v) is 25.5. The van der Waals surface area contributed by atoms with Gasteiger partial charge in [-0.1, -0.05) is 30.3 Å². The molecule has 0 aromatic heterocycles. The van der Waals surface area contributed by atoms with Crippen LogP contribution >= 0.6 is 0 Å². The van der Waals surface area contributed by atoms with E-state index in [4.69, 9.17) is 4.74 Å².